The number of carboxylic acid groups (broad SMARTS) is 1. The van der Waals surface area contributed by atoms with E-state index in [4.69, 9.17) is 5.11 Å². The molecule has 1 atom stereocenters. The highest BCUT2D eigenvalue weighted by atomic mass is 19.4. The van der Waals surface area contributed by atoms with Crippen LogP contribution in [-0.4, -0.2) is 35.6 Å². The Kier molecular flexibility index (Phi) is 4.43. The van der Waals surface area contributed by atoms with E-state index in [-0.39, 0.29) is 0 Å². The van der Waals surface area contributed by atoms with E-state index in [0.29, 0.717) is 0 Å². The molecule has 1 amide bonds. The van der Waals surface area contributed by atoms with Crippen molar-refractivity contribution < 1.29 is 36.6 Å². The van der Waals surface area contributed by atoms with Crippen LogP contribution >= 0.6 is 0 Å². The smallest absolute Gasteiger partial charge is 0.471 e. The minimum Gasteiger partial charge on any atom is -0.480 e. The number of carbonyl (C=O) groups is 2. The highest BCUT2D eigenvalue weighted by Gasteiger charge is 2.41. The van der Waals surface area contributed by atoms with Crippen molar-refractivity contribution in [3.05, 3.63) is 0 Å². The van der Waals surface area contributed by atoms with Gasteiger partial charge in [0.05, 0.1) is 0 Å². The first kappa shape index (κ1) is 13.6. The molecule has 0 spiro atoms. The second-order valence-electron chi connectivity index (χ2n) is 2.49. The Morgan fingerprint density at radius 2 is 1.73 bits per heavy atom. The Balaban J connectivity index is 4.43. The molecule has 0 bridgehead atoms. The van der Waals surface area contributed by atoms with Crippen LogP contribution < -0.4 is 5.32 Å². The Labute approximate surface area is 80.1 Å². The molecular weight excluding hydrogens is 229 g/mol. The van der Waals surface area contributed by atoms with Gasteiger partial charge in [-0.3, -0.25) is 4.79 Å². The summed E-state index contributed by atoms with van der Waals surface area (Å²) >= 11 is 0. The summed E-state index contributed by atoms with van der Waals surface area (Å²) < 4.78 is 58.2. The first-order chi connectivity index (χ1) is 6.64. The van der Waals surface area contributed by atoms with Crippen molar-refractivity contribution in [1.82, 2.24) is 5.32 Å². The summed E-state index contributed by atoms with van der Waals surface area (Å²) in [5, 5.41) is 9.17. The van der Waals surface area contributed by atoms with Gasteiger partial charge in [0.15, 0.2) is 0 Å². The van der Waals surface area contributed by atoms with Crippen LogP contribution in [0.3, 0.4) is 0 Å². The zero-order chi connectivity index (χ0) is 12.2. The molecule has 4 nitrogen and oxygen atoms in total. The van der Waals surface area contributed by atoms with Gasteiger partial charge in [-0.15, -0.1) is 0 Å². The zero-order valence-electron chi connectivity index (χ0n) is 7.02. The average Bonchev–Trinajstić information content (AvgIpc) is 1.99. The molecule has 15 heavy (non-hydrogen) atoms. The third-order valence-corrected chi connectivity index (χ3v) is 1.27. The van der Waals surface area contributed by atoms with Gasteiger partial charge in [0.2, 0.25) is 6.43 Å². The molecule has 0 aliphatic carbocycles. The topological polar surface area (TPSA) is 66.4 Å². The summed E-state index contributed by atoms with van der Waals surface area (Å²) in [5.41, 5.74) is 0. The van der Waals surface area contributed by atoms with Crippen molar-refractivity contribution in [2.45, 2.75) is 25.1 Å². The molecule has 0 heterocycles. The molecular formula is C6H6F5NO3. The van der Waals surface area contributed by atoms with Crippen LogP contribution in [0.25, 0.3) is 0 Å². The number of hydrogen-bond donors (Lipinski definition) is 2. The van der Waals surface area contributed by atoms with Crippen LogP contribution in [0.5, 0.6) is 0 Å². The van der Waals surface area contributed by atoms with E-state index in [1.807, 2.05) is 0 Å². The molecule has 0 aromatic carbocycles. The Morgan fingerprint density at radius 3 is 2.00 bits per heavy atom. The molecule has 0 radical (unpaired) electrons. The van der Waals surface area contributed by atoms with Crippen LogP contribution in [0, 0.1) is 0 Å². The first-order valence-corrected chi connectivity index (χ1v) is 3.53. The van der Waals surface area contributed by atoms with Crippen molar-refractivity contribution in [1.29, 1.82) is 0 Å². The highest BCUT2D eigenvalue weighted by molar-refractivity contribution is 5.86. The molecule has 0 aromatic rings. The maximum absolute atomic E-state index is 11.7. The summed E-state index contributed by atoms with van der Waals surface area (Å²) in [6.45, 7) is 0. The molecule has 0 aromatic heterocycles. The standard InChI is InChI=1S/C6H6F5NO3/c7-3(8)1-2(4(13)14)12-5(15)6(9,10)11/h2-3H,1H2,(H,12,15)(H,13,14)/t2-/m1/s1. The van der Waals surface area contributed by atoms with Gasteiger partial charge in [-0.25, -0.2) is 13.6 Å². The molecule has 0 aliphatic rings. The number of hydrogen-bond acceptors (Lipinski definition) is 2. The lowest BCUT2D eigenvalue weighted by molar-refractivity contribution is -0.175. The molecule has 9 heteroatoms. The number of carbonyl (C=O) groups excluding carboxylic acids is 1. The number of amides is 1. The average molecular weight is 235 g/mol. The zero-order valence-corrected chi connectivity index (χ0v) is 7.02. The van der Waals surface area contributed by atoms with E-state index in [0.717, 1.165) is 5.32 Å². The van der Waals surface area contributed by atoms with Gasteiger partial charge in [0, 0.05) is 6.42 Å². The predicted octanol–water partition coefficient (Wildman–Crippen LogP) is 0.773. The van der Waals surface area contributed by atoms with E-state index < -0.39 is 36.9 Å². The largest absolute Gasteiger partial charge is 0.480 e. The van der Waals surface area contributed by atoms with Crippen molar-refractivity contribution in [2.75, 3.05) is 0 Å². The fourth-order valence-electron chi connectivity index (χ4n) is 0.640. The quantitative estimate of drug-likeness (QED) is 0.707. The maximum atomic E-state index is 11.7. The molecule has 0 fully saturated rings. The van der Waals surface area contributed by atoms with Crippen LogP contribution in [0.1, 0.15) is 6.42 Å². The van der Waals surface area contributed by atoms with Crippen LogP contribution in [0.2, 0.25) is 0 Å². The van der Waals surface area contributed by atoms with Gasteiger partial charge in [-0.1, -0.05) is 0 Å². The number of aliphatic carboxylic acids is 1. The Morgan fingerprint density at radius 1 is 1.27 bits per heavy atom. The summed E-state index contributed by atoms with van der Waals surface area (Å²) in [6.07, 6.45) is -9.80. The summed E-state index contributed by atoms with van der Waals surface area (Å²) in [4.78, 5) is 20.4. The van der Waals surface area contributed by atoms with E-state index in [9.17, 15) is 31.5 Å². The summed E-state index contributed by atoms with van der Waals surface area (Å²) in [7, 11) is 0. The number of halogens is 5. The Hall–Kier alpha value is -1.41. The number of alkyl halides is 5. The number of rotatable bonds is 4. The third-order valence-electron chi connectivity index (χ3n) is 1.27. The fourth-order valence-corrected chi connectivity index (χ4v) is 0.640. The van der Waals surface area contributed by atoms with E-state index in [1.54, 1.807) is 0 Å². The summed E-state index contributed by atoms with van der Waals surface area (Å²) in [6, 6.07) is -2.25. The first-order valence-electron chi connectivity index (χ1n) is 3.53. The van der Waals surface area contributed by atoms with Crippen LogP contribution in [0.15, 0.2) is 0 Å². The van der Waals surface area contributed by atoms with Gasteiger partial charge in [0.1, 0.15) is 6.04 Å². The van der Waals surface area contributed by atoms with Crippen molar-refractivity contribution >= 4 is 11.9 Å². The van der Waals surface area contributed by atoms with Crippen LogP contribution in [0.4, 0.5) is 22.0 Å². The van der Waals surface area contributed by atoms with Crippen molar-refractivity contribution in [3.63, 3.8) is 0 Å². The highest BCUT2D eigenvalue weighted by Crippen LogP contribution is 2.15. The Bertz CT molecular complexity index is 252. The van der Waals surface area contributed by atoms with Gasteiger partial charge >= 0.3 is 18.1 Å². The lowest BCUT2D eigenvalue weighted by Gasteiger charge is -2.14. The number of carboxylic acids is 1. The minimum absolute atomic E-state index is 0.944. The molecule has 0 unspecified atom stereocenters. The lowest BCUT2D eigenvalue weighted by Crippen LogP contribution is -2.47. The monoisotopic (exact) mass is 235 g/mol. The van der Waals surface area contributed by atoms with Crippen molar-refractivity contribution in [2.24, 2.45) is 0 Å². The van der Waals surface area contributed by atoms with Gasteiger partial charge < -0.3 is 10.4 Å². The third kappa shape index (κ3) is 5.13. The molecule has 0 saturated heterocycles. The molecule has 2 N–H and O–H groups in total. The van der Waals surface area contributed by atoms with E-state index in [2.05, 4.69) is 0 Å². The molecule has 88 valence electrons. The molecule has 0 aliphatic heterocycles. The van der Waals surface area contributed by atoms with Gasteiger partial charge in [-0.2, -0.15) is 13.2 Å². The lowest BCUT2D eigenvalue weighted by atomic mass is 10.2. The fraction of sp³-hybridized carbons (Fsp3) is 0.667. The normalized spacial score (nSPS) is 13.7. The summed E-state index contributed by atoms with van der Waals surface area (Å²) in [5.74, 6) is -4.51. The molecule has 0 rings (SSSR count). The maximum Gasteiger partial charge on any atom is 0.471 e. The second kappa shape index (κ2) is 4.89. The minimum atomic E-state index is -5.30. The van der Waals surface area contributed by atoms with E-state index >= 15 is 0 Å². The SMILES string of the molecule is O=C(O)[C@@H](CC(F)F)NC(=O)C(F)(F)F. The number of nitrogens with one attached hydrogen (secondary N) is 1. The van der Waals surface area contributed by atoms with E-state index in [1.165, 1.54) is 0 Å². The van der Waals surface area contributed by atoms with Crippen LogP contribution in [-0.2, 0) is 9.59 Å². The molecule has 0 saturated carbocycles. The van der Waals surface area contributed by atoms with Crippen molar-refractivity contribution in [3.8, 4) is 0 Å². The van der Waals surface area contributed by atoms with Gasteiger partial charge in [0.25, 0.3) is 0 Å². The predicted molar refractivity (Wildman–Crippen MR) is 36.2 cm³/mol. The second-order valence-corrected chi connectivity index (χ2v) is 2.49. The van der Waals surface area contributed by atoms with Gasteiger partial charge in [-0.05, 0) is 0 Å².